The molecule has 0 fully saturated rings. The lowest BCUT2D eigenvalue weighted by atomic mass is 10.2. The Morgan fingerprint density at radius 1 is 0.875 bits per heavy atom. The summed E-state index contributed by atoms with van der Waals surface area (Å²) >= 11 is 0. The predicted octanol–water partition coefficient (Wildman–Crippen LogP) is 3.39. The van der Waals surface area contributed by atoms with E-state index in [1.807, 2.05) is 71.6 Å². The molecule has 0 atom stereocenters. The van der Waals surface area contributed by atoms with Crippen LogP contribution in [0, 0.1) is 0 Å². The molecule has 0 aliphatic rings. The molecule has 0 saturated carbocycles. The number of benzene rings is 2. The number of fused-ring (bicyclic) bond motifs is 1. The molecule has 0 unspecified atom stereocenters. The van der Waals surface area contributed by atoms with E-state index in [-0.39, 0.29) is 12.5 Å². The van der Waals surface area contributed by atoms with Crippen molar-refractivity contribution < 1.29 is 9.53 Å². The Morgan fingerprint density at radius 2 is 1.66 bits per heavy atom. The van der Waals surface area contributed by atoms with Crippen LogP contribution in [0.5, 0.6) is 5.88 Å². The molecular formula is C24H20N6O2. The van der Waals surface area contributed by atoms with Gasteiger partial charge in [0.1, 0.15) is 6.61 Å². The summed E-state index contributed by atoms with van der Waals surface area (Å²) in [6.45, 7) is 0.639. The molecule has 158 valence electrons. The highest BCUT2D eigenvalue weighted by atomic mass is 16.5. The molecule has 3 heterocycles. The minimum atomic E-state index is -0.152. The average molecular weight is 424 g/mol. The zero-order valence-corrected chi connectivity index (χ0v) is 17.1. The average Bonchev–Trinajstić information content (AvgIpc) is 3.52. The largest absolute Gasteiger partial charge is 0.475 e. The van der Waals surface area contributed by atoms with E-state index >= 15 is 0 Å². The van der Waals surface area contributed by atoms with Gasteiger partial charge in [0.05, 0.1) is 6.54 Å². The van der Waals surface area contributed by atoms with E-state index in [1.54, 1.807) is 28.8 Å². The van der Waals surface area contributed by atoms with E-state index in [1.165, 1.54) is 0 Å². The first kappa shape index (κ1) is 19.5. The number of hydrogen-bond donors (Lipinski definition) is 1. The molecule has 5 aromatic rings. The van der Waals surface area contributed by atoms with Crippen molar-refractivity contribution in [2.45, 2.75) is 0 Å². The monoisotopic (exact) mass is 424 g/mol. The Balaban J connectivity index is 1.18. The van der Waals surface area contributed by atoms with Gasteiger partial charge in [-0.3, -0.25) is 4.79 Å². The summed E-state index contributed by atoms with van der Waals surface area (Å²) in [5.41, 5.74) is 3.14. The number of hydrogen-bond acceptors (Lipinski definition) is 5. The van der Waals surface area contributed by atoms with Crippen molar-refractivity contribution in [1.82, 2.24) is 29.7 Å². The fraction of sp³-hybridized carbons (Fsp3) is 0.0833. The van der Waals surface area contributed by atoms with Crippen LogP contribution in [0.4, 0.5) is 0 Å². The van der Waals surface area contributed by atoms with E-state index < -0.39 is 0 Å². The van der Waals surface area contributed by atoms with E-state index in [2.05, 4.69) is 20.6 Å². The second-order valence-corrected chi connectivity index (χ2v) is 7.07. The lowest BCUT2D eigenvalue weighted by Crippen LogP contribution is -2.28. The Hall–Kier alpha value is -4.46. The number of amides is 1. The van der Waals surface area contributed by atoms with Crippen LogP contribution in [-0.4, -0.2) is 43.4 Å². The third-order valence-corrected chi connectivity index (χ3v) is 4.94. The van der Waals surface area contributed by atoms with Gasteiger partial charge in [0, 0.05) is 35.3 Å². The standard InChI is InChI=1S/C24H20N6O2/c31-24(19-8-10-20(11-9-19)29-15-4-5-16-29)25-14-17-32-22-13-12-21-26-27-23(30(21)28-22)18-6-2-1-3-7-18/h1-13,15-16H,14,17H2,(H,25,31). The summed E-state index contributed by atoms with van der Waals surface area (Å²) in [5, 5.41) is 15.7. The fourth-order valence-electron chi connectivity index (χ4n) is 3.33. The number of nitrogens with one attached hydrogen (secondary N) is 1. The second-order valence-electron chi connectivity index (χ2n) is 7.07. The second kappa shape index (κ2) is 8.73. The van der Waals surface area contributed by atoms with Gasteiger partial charge in [-0.05, 0) is 42.5 Å². The van der Waals surface area contributed by atoms with Crippen LogP contribution in [-0.2, 0) is 0 Å². The molecule has 2 aromatic carbocycles. The first-order valence-electron chi connectivity index (χ1n) is 10.2. The Labute approximate surface area is 184 Å². The van der Waals surface area contributed by atoms with Gasteiger partial charge in [-0.1, -0.05) is 30.3 Å². The Kier molecular flexibility index (Phi) is 5.32. The van der Waals surface area contributed by atoms with Crippen LogP contribution < -0.4 is 10.1 Å². The summed E-state index contributed by atoms with van der Waals surface area (Å²) in [4.78, 5) is 12.4. The molecule has 1 N–H and O–H groups in total. The maximum Gasteiger partial charge on any atom is 0.251 e. The van der Waals surface area contributed by atoms with Crippen LogP contribution in [0.1, 0.15) is 10.4 Å². The van der Waals surface area contributed by atoms with Crippen molar-refractivity contribution in [2.75, 3.05) is 13.2 Å². The number of aromatic nitrogens is 5. The van der Waals surface area contributed by atoms with Crippen molar-refractivity contribution in [3.8, 4) is 23.0 Å². The minimum Gasteiger partial charge on any atom is -0.475 e. The number of ether oxygens (including phenoxy) is 1. The molecule has 1 amide bonds. The lowest BCUT2D eigenvalue weighted by molar-refractivity contribution is 0.0946. The topological polar surface area (TPSA) is 86.3 Å². The molecule has 3 aromatic heterocycles. The maximum absolute atomic E-state index is 12.4. The molecule has 0 bridgehead atoms. The van der Waals surface area contributed by atoms with E-state index in [4.69, 9.17) is 4.74 Å². The van der Waals surface area contributed by atoms with E-state index in [0.717, 1.165) is 11.3 Å². The fourth-order valence-corrected chi connectivity index (χ4v) is 3.33. The minimum absolute atomic E-state index is 0.152. The smallest absolute Gasteiger partial charge is 0.251 e. The van der Waals surface area contributed by atoms with E-state index in [0.29, 0.717) is 29.5 Å². The molecule has 5 rings (SSSR count). The number of carbonyl (C=O) groups is 1. The predicted molar refractivity (Wildman–Crippen MR) is 120 cm³/mol. The van der Waals surface area contributed by atoms with Gasteiger partial charge in [-0.25, -0.2) is 0 Å². The maximum atomic E-state index is 12.4. The summed E-state index contributed by atoms with van der Waals surface area (Å²) in [7, 11) is 0. The first-order valence-corrected chi connectivity index (χ1v) is 10.2. The third-order valence-electron chi connectivity index (χ3n) is 4.94. The Morgan fingerprint density at radius 3 is 2.44 bits per heavy atom. The van der Waals surface area contributed by atoms with Crippen LogP contribution in [0.25, 0.3) is 22.7 Å². The van der Waals surface area contributed by atoms with Gasteiger partial charge >= 0.3 is 0 Å². The van der Waals surface area contributed by atoms with Crippen LogP contribution >= 0.6 is 0 Å². The Bertz CT molecular complexity index is 1330. The normalized spacial score (nSPS) is 10.9. The van der Waals surface area contributed by atoms with Gasteiger partial charge < -0.3 is 14.6 Å². The number of nitrogens with zero attached hydrogens (tertiary/aromatic N) is 5. The quantitative estimate of drug-likeness (QED) is 0.405. The van der Waals surface area contributed by atoms with Gasteiger partial charge in [-0.15, -0.1) is 15.3 Å². The highest BCUT2D eigenvalue weighted by Gasteiger charge is 2.10. The summed E-state index contributed by atoms with van der Waals surface area (Å²) in [6.07, 6.45) is 3.92. The number of rotatable bonds is 7. The molecule has 0 aliphatic carbocycles. The molecule has 0 aliphatic heterocycles. The van der Waals surface area contributed by atoms with E-state index in [9.17, 15) is 4.79 Å². The highest BCUT2D eigenvalue weighted by Crippen LogP contribution is 2.18. The zero-order chi connectivity index (χ0) is 21.8. The van der Waals surface area contributed by atoms with Gasteiger partial charge in [0.25, 0.3) is 5.91 Å². The SMILES string of the molecule is O=C(NCCOc1ccc2nnc(-c3ccccc3)n2n1)c1ccc(-n2cccc2)cc1. The zero-order valence-electron chi connectivity index (χ0n) is 17.1. The molecule has 32 heavy (non-hydrogen) atoms. The van der Waals surface area contributed by atoms with Crippen molar-refractivity contribution >= 4 is 11.6 Å². The summed E-state index contributed by atoms with van der Waals surface area (Å²) < 4.78 is 9.36. The van der Waals surface area contributed by atoms with Crippen LogP contribution in [0.2, 0.25) is 0 Å². The highest BCUT2D eigenvalue weighted by molar-refractivity contribution is 5.94. The van der Waals surface area contributed by atoms with Crippen molar-refractivity contribution in [2.24, 2.45) is 0 Å². The third kappa shape index (κ3) is 4.06. The van der Waals surface area contributed by atoms with Crippen LogP contribution in [0.3, 0.4) is 0 Å². The molecule has 0 radical (unpaired) electrons. The molecule has 8 heteroatoms. The number of carbonyl (C=O) groups excluding carboxylic acids is 1. The molecule has 0 spiro atoms. The van der Waals surface area contributed by atoms with Crippen molar-refractivity contribution in [3.63, 3.8) is 0 Å². The van der Waals surface area contributed by atoms with Crippen molar-refractivity contribution in [3.05, 3.63) is 96.8 Å². The molecular weight excluding hydrogens is 404 g/mol. The summed E-state index contributed by atoms with van der Waals surface area (Å²) in [6, 6.07) is 24.6. The summed E-state index contributed by atoms with van der Waals surface area (Å²) in [5.74, 6) is 0.920. The first-order chi connectivity index (χ1) is 15.8. The molecule has 8 nitrogen and oxygen atoms in total. The lowest BCUT2D eigenvalue weighted by Gasteiger charge is -2.08. The molecule has 0 saturated heterocycles. The van der Waals surface area contributed by atoms with Gasteiger partial charge in [-0.2, -0.15) is 4.52 Å². The van der Waals surface area contributed by atoms with Crippen LogP contribution in [0.15, 0.2) is 91.3 Å². The van der Waals surface area contributed by atoms with Gasteiger partial charge in [0.15, 0.2) is 11.5 Å². The van der Waals surface area contributed by atoms with Gasteiger partial charge in [0.2, 0.25) is 5.88 Å². The van der Waals surface area contributed by atoms with Crippen molar-refractivity contribution in [1.29, 1.82) is 0 Å².